The van der Waals surface area contributed by atoms with Gasteiger partial charge in [0.05, 0.1) is 42.7 Å². The summed E-state index contributed by atoms with van der Waals surface area (Å²) >= 11 is 0. The molecule has 1 N–H and O–H groups in total. The van der Waals surface area contributed by atoms with Crippen LogP contribution in [0.5, 0.6) is 11.5 Å². The first kappa shape index (κ1) is 28.2. The van der Waals surface area contributed by atoms with E-state index in [9.17, 15) is 13.2 Å². The van der Waals surface area contributed by atoms with Crippen molar-refractivity contribution in [3.63, 3.8) is 0 Å². The highest BCUT2D eigenvalue weighted by atomic mass is 32.2. The summed E-state index contributed by atoms with van der Waals surface area (Å²) in [6, 6.07) is 9.78. The number of carbonyl (C=O) groups is 1. The molecule has 2 aliphatic heterocycles. The number of carbonyl (C=O) groups excluding carboxylic acids is 1. The maximum Gasteiger partial charge on any atom is 0.255 e. The largest absolute Gasteiger partial charge is 0.492 e. The van der Waals surface area contributed by atoms with Crippen LogP contribution in [-0.4, -0.2) is 71.2 Å². The van der Waals surface area contributed by atoms with E-state index >= 15 is 0 Å². The molecule has 2 atom stereocenters. The van der Waals surface area contributed by atoms with Gasteiger partial charge in [-0.05, 0) is 56.4 Å². The summed E-state index contributed by atoms with van der Waals surface area (Å²) in [6.07, 6.45) is 1.02. The first-order chi connectivity index (χ1) is 18.2. The summed E-state index contributed by atoms with van der Waals surface area (Å²) in [5.41, 5.74) is 1.74. The molecular weight excluding hydrogens is 506 g/mol. The molecule has 2 heterocycles. The van der Waals surface area contributed by atoms with Crippen molar-refractivity contribution in [2.45, 2.75) is 39.0 Å². The van der Waals surface area contributed by atoms with Crippen LogP contribution in [0.1, 0.15) is 44.5 Å². The molecule has 2 aromatic carbocycles. The van der Waals surface area contributed by atoms with Gasteiger partial charge in [-0.25, -0.2) is 8.42 Å². The fourth-order valence-electron chi connectivity index (χ4n) is 5.17. The minimum atomic E-state index is -3.62. The van der Waals surface area contributed by atoms with Gasteiger partial charge in [0.2, 0.25) is 10.0 Å². The fourth-order valence-corrected chi connectivity index (χ4v) is 6.85. The monoisotopic (exact) mass is 545 g/mol. The van der Waals surface area contributed by atoms with Crippen molar-refractivity contribution < 1.29 is 27.4 Å². The quantitative estimate of drug-likeness (QED) is 0.503. The first-order valence-electron chi connectivity index (χ1n) is 13.4. The van der Waals surface area contributed by atoms with Gasteiger partial charge in [0.1, 0.15) is 11.5 Å². The second-order valence-electron chi connectivity index (χ2n) is 10.0. The molecule has 208 valence electrons. The number of ether oxygens (including phenoxy) is 3. The standard InChI is InChI=1S/C28H39N3O6S/c1-5-36-26-17-25(30-11-13-35-14-12-30)27(37-6-2)16-24(26)29-28(32)22-7-9-23(10-8-22)38(33,34)31-18-20(3)15-21(4)19-31/h7-10,16-17,20-21H,5-6,11-15,18-19H2,1-4H3,(H,29,32)/t20-,21-/m1/s1. The summed E-state index contributed by atoms with van der Waals surface area (Å²) in [5.74, 6) is 1.46. The Kier molecular flexibility index (Phi) is 9.17. The van der Waals surface area contributed by atoms with Crippen molar-refractivity contribution in [2.75, 3.05) is 62.8 Å². The van der Waals surface area contributed by atoms with E-state index in [1.807, 2.05) is 19.9 Å². The molecule has 2 aromatic rings. The number of morpholine rings is 1. The molecule has 38 heavy (non-hydrogen) atoms. The van der Waals surface area contributed by atoms with Gasteiger partial charge in [-0.15, -0.1) is 0 Å². The predicted octanol–water partition coefficient (Wildman–Crippen LogP) is 4.24. The lowest BCUT2D eigenvalue weighted by atomic mass is 9.94. The summed E-state index contributed by atoms with van der Waals surface area (Å²) in [5, 5.41) is 2.93. The molecule has 2 fully saturated rings. The molecule has 2 saturated heterocycles. The van der Waals surface area contributed by atoms with Crippen LogP contribution in [0.4, 0.5) is 11.4 Å². The second-order valence-corrected chi connectivity index (χ2v) is 12.0. The van der Waals surface area contributed by atoms with Gasteiger partial charge < -0.3 is 24.4 Å². The van der Waals surface area contributed by atoms with Gasteiger partial charge in [0.25, 0.3) is 5.91 Å². The van der Waals surface area contributed by atoms with Crippen molar-refractivity contribution in [3.05, 3.63) is 42.0 Å². The number of piperidine rings is 1. The molecule has 0 unspecified atom stereocenters. The number of amides is 1. The molecule has 0 aliphatic carbocycles. The van der Waals surface area contributed by atoms with Crippen molar-refractivity contribution in [1.82, 2.24) is 4.31 Å². The highest BCUT2D eigenvalue weighted by Crippen LogP contribution is 2.39. The highest BCUT2D eigenvalue weighted by Gasteiger charge is 2.31. The average Bonchev–Trinajstić information content (AvgIpc) is 2.90. The van der Waals surface area contributed by atoms with E-state index in [0.29, 0.717) is 74.1 Å². The zero-order valence-corrected chi connectivity index (χ0v) is 23.6. The van der Waals surface area contributed by atoms with Crippen LogP contribution in [0, 0.1) is 11.8 Å². The third kappa shape index (κ3) is 6.42. The number of anilines is 2. The molecule has 10 heteroatoms. The molecule has 2 aliphatic rings. The van der Waals surface area contributed by atoms with Gasteiger partial charge in [-0.2, -0.15) is 4.31 Å². The molecule has 9 nitrogen and oxygen atoms in total. The van der Waals surface area contributed by atoms with E-state index < -0.39 is 10.0 Å². The zero-order valence-electron chi connectivity index (χ0n) is 22.7. The fraction of sp³-hybridized carbons (Fsp3) is 0.536. The van der Waals surface area contributed by atoms with Crippen molar-refractivity contribution in [2.24, 2.45) is 11.8 Å². The number of nitrogens with one attached hydrogen (secondary N) is 1. The summed E-state index contributed by atoms with van der Waals surface area (Å²) in [4.78, 5) is 15.6. The third-order valence-corrected chi connectivity index (χ3v) is 8.70. The number of nitrogens with zero attached hydrogens (tertiary/aromatic N) is 2. The highest BCUT2D eigenvalue weighted by molar-refractivity contribution is 7.89. The van der Waals surface area contributed by atoms with E-state index in [1.165, 1.54) is 12.1 Å². The lowest BCUT2D eigenvalue weighted by molar-refractivity contribution is 0.102. The van der Waals surface area contributed by atoms with E-state index in [4.69, 9.17) is 14.2 Å². The topological polar surface area (TPSA) is 97.4 Å². The van der Waals surface area contributed by atoms with Crippen LogP contribution in [-0.2, 0) is 14.8 Å². The van der Waals surface area contributed by atoms with Crippen LogP contribution < -0.4 is 19.7 Å². The SMILES string of the molecule is CCOc1cc(N2CCOCC2)c(OCC)cc1NC(=O)c1ccc(S(=O)(=O)N2C[C@H](C)C[C@@H](C)C2)cc1. The smallest absolute Gasteiger partial charge is 0.255 e. The number of rotatable bonds is 9. The summed E-state index contributed by atoms with van der Waals surface area (Å²) in [7, 11) is -3.62. The number of sulfonamides is 1. The molecule has 0 bridgehead atoms. The number of benzene rings is 2. The molecule has 0 spiro atoms. The Bertz CT molecular complexity index is 1200. The molecule has 0 radical (unpaired) electrons. The first-order valence-corrected chi connectivity index (χ1v) is 14.8. The van der Waals surface area contributed by atoms with Crippen LogP contribution >= 0.6 is 0 Å². The maximum absolute atomic E-state index is 13.2. The van der Waals surface area contributed by atoms with Crippen LogP contribution in [0.3, 0.4) is 0 Å². The number of hydrogen-bond acceptors (Lipinski definition) is 7. The van der Waals surface area contributed by atoms with Gasteiger partial charge in [0.15, 0.2) is 0 Å². The Morgan fingerprint density at radius 1 is 0.974 bits per heavy atom. The maximum atomic E-state index is 13.2. The van der Waals surface area contributed by atoms with Gasteiger partial charge in [-0.3, -0.25) is 4.79 Å². The summed E-state index contributed by atoms with van der Waals surface area (Å²) in [6.45, 7) is 12.6. The van der Waals surface area contributed by atoms with E-state index in [1.54, 1.807) is 22.5 Å². The Labute approximate surface area is 226 Å². The van der Waals surface area contributed by atoms with Crippen molar-refractivity contribution in [1.29, 1.82) is 0 Å². The molecule has 4 rings (SSSR count). The average molecular weight is 546 g/mol. The summed E-state index contributed by atoms with van der Waals surface area (Å²) < 4.78 is 45.3. The zero-order chi connectivity index (χ0) is 27.3. The Morgan fingerprint density at radius 3 is 2.18 bits per heavy atom. The lowest BCUT2D eigenvalue weighted by Crippen LogP contribution is -2.42. The van der Waals surface area contributed by atoms with E-state index in [2.05, 4.69) is 24.1 Å². The Balaban J connectivity index is 1.55. The lowest BCUT2D eigenvalue weighted by Gasteiger charge is -2.34. The molecule has 0 saturated carbocycles. The molecule has 1 amide bonds. The second kappa shape index (κ2) is 12.4. The van der Waals surface area contributed by atoms with Crippen LogP contribution in [0.25, 0.3) is 0 Å². The van der Waals surface area contributed by atoms with Gasteiger partial charge in [0, 0.05) is 43.9 Å². The predicted molar refractivity (Wildman–Crippen MR) is 148 cm³/mol. The van der Waals surface area contributed by atoms with Crippen molar-refractivity contribution in [3.8, 4) is 11.5 Å². The normalized spacial score (nSPS) is 20.7. The van der Waals surface area contributed by atoms with Crippen LogP contribution in [0.15, 0.2) is 41.3 Å². The molecular formula is C28H39N3O6S. The minimum absolute atomic E-state index is 0.193. The van der Waals surface area contributed by atoms with Gasteiger partial charge in [-0.1, -0.05) is 13.8 Å². The van der Waals surface area contributed by atoms with E-state index in [0.717, 1.165) is 25.2 Å². The third-order valence-electron chi connectivity index (χ3n) is 6.85. The Morgan fingerprint density at radius 2 is 1.58 bits per heavy atom. The van der Waals surface area contributed by atoms with E-state index in [-0.39, 0.29) is 10.8 Å². The Hall–Kier alpha value is -2.82. The molecule has 0 aromatic heterocycles. The number of hydrogen-bond donors (Lipinski definition) is 1. The minimum Gasteiger partial charge on any atom is -0.492 e. The van der Waals surface area contributed by atoms with Crippen molar-refractivity contribution >= 4 is 27.3 Å². The van der Waals surface area contributed by atoms with Gasteiger partial charge >= 0.3 is 0 Å². The van der Waals surface area contributed by atoms with Crippen LogP contribution in [0.2, 0.25) is 0 Å².